The SMILES string of the molecule is COC(=O)C1CN(CC2=C(C)c3ccc(OCCCc4ccc(OC)cc4)cc3CC2)C1. The van der Waals surface area contributed by atoms with E-state index in [4.69, 9.17) is 14.2 Å². The Kier molecular flexibility index (Phi) is 7.15. The van der Waals surface area contributed by atoms with Crippen LogP contribution in [0.3, 0.4) is 0 Å². The van der Waals surface area contributed by atoms with E-state index in [9.17, 15) is 4.79 Å². The molecule has 0 unspecified atom stereocenters. The summed E-state index contributed by atoms with van der Waals surface area (Å²) in [7, 11) is 3.15. The smallest absolute Gasteiger partial charge is 0.311 e. The lowest BCUT2D eigenvalue weighted by atomic mass is 9.85. The third-order valence-corrected chi connectivity index (χ3v) is 6.65. The topological polar surface area (TPSA) is 48.0 Å². The van der Waals surface area contributed by atoms with Gasteiger partial charge in [0.15, 0.2) is 0 Å². The molecule has 0 radical (unpaired) electrons. The van der Waals surface area contributed by atoms with E-state index < -0.39 is 0 Å². The average molecular weight is 436 g/mol. The molecule has 5 heteroatoms. The number of aryl methyl sites for hydroxylation is 2. The van der Waals surface area contributed by atoms with E-state index in [1.807, 2.05) is 12.1 Å². The van der Waals surface area contributed by atoms with E-state index in [1.165, 1.54) is 34.9 Å². The van der Waals surface area contributed by atoms with Crippen LogP contribution in [-0.4, -0.2) is 51.3 Å². The normalized spacial score (nSPS) is 16.3. The van der Waals surface area contributed by atoms with Gasteiger partial charge in [-0.2, -0.15) is 0 Å². The minimum Gasteiger partial charge on any atom is -0.497 e. The molecule has 1 saturated heterocycles. The summed E-state index contributed by atoms with van der Waals surface area (Å²) in [6.45, 7) is 5.49. The number of fused-ring (bicyclic) bond motifs is 1. The Morgan fingerprint density at radius 1 is 1.03 bits per heavy atom. The number of allylic oxidation sites excluding steroid dienone is 1. The number of likely N-dealkylation sites (tertiary alicyclic amines) is 1. The van der Waals surface area contributed by atoms with Crippen molar-refractivity contribution < 1.29 is 19.0 Å². The predicted molar refractivity (Wildman–Crippen MR) is 126 cm³/mol. The lowest BCUT2D eigenvalue weighted by Gasteiger charge is -2.39. The molecule has 0 saturated carbocycles. The number of nitrogens with zero attached hydrogens (tertiary/aromatic N) is 1. The van der Waals surface area contributed by atoms with E-state index in [0.717, 1.165) is 56.8 Å². The monoisotopic (exact) mass is 435 g/mol. The van der Waals surface area contributed by atoms with E-state index in [2.05, 4.69) is 42.2 Å². The molecule has 5 nitrogen and oxygen atoms in total. The van der Waals surface area contributed by atoms with Gasteiger partial charge in [0.05, 0.1) is 26.7 Å². The van der Waals surface area contributed by atoms with Crippen LogP contribution < -0.4 is 9.47 Å². The van der Waals surface area contributed by atoms with Gasteiger partial charge in [0.25, 0.3) is 0 Å². The number of hydrogen-bond acceptors (Lipinski definition) is 5. The van der Waals surface area contributed by atoms with Crippen LogP contribution in [0, 0.1) is 5.92 Å². The quantitative estimate of drug-likeness (QED) is 0.428. The molecule has 0 bridgehead atoms. The second kappa shape index (κ2) is 10.2. The zero-order valence-corrected chi connectivity index (χ0v) is 19.4. The third kappa shape index (κ3) is 5.16. The van der Waals surface area contributed by atoms with E-state index in [-0.39, 0.29) is 11.9 Å². The molecule has 170 valence electrons. The van der Waals surface area contributed by atoms with Gasteiger partial charge in [0.2, 0.25) is 0 Å². The van der Waals surface area contributed by atoms with Crippen molar-refractivity contribution in [1.82, 2.24) is 4.90 Å². The number of hydrogen-bond donors (Lipinski definition) is 0. The minimum atomic E-state index is -0.0857. The lowest BCUT2D eigenvalue weighted by molar-refractivity contribution is -0.151. The first-order valence-electron chi connectivity index (χ1n) is 11.4. The summed E-state index contributed by atoms with van der Waals surface area (Å²) in [5.74, 6) is 1.80. The maximum Gasteiger partial charge on any atom is 0.311 e. The first kappa shape index (κ1) is 22.4. The molecule has 0 spiro atoms. The van der Waals surface area contributed by atoms with Gasteiger partial charge in [0.1, 0.15) is 11.5 Å². The van der Waals surface area contributed by atoms with Crippen molar-refractivity contribution in [1.29, 1.82) is 0 Å². The lowest BCUT2D eigenvalue weighted by Crippen LogP contribution is -2.51. The Hall–Kier alpha value is -2.79. The number of methoxy groups -OCH3 is 2. The highest BCUT2D eigenvalue weighted by Gasteiger charge is 2.34. The summed E-state index contributed by atoms with van der Waals surface area (Å²) in [6.07, 6.45) is 4.08. The van der Waals surface area contributed by atoms with Gasteiger partial charge in [-0.3, -0.25) is 9.69 Å². The Labute approximate surface area is 191 Å². The predicted octanol–water partition coefficient (Wildman–Crippen LogP) is 4.53. The standard InChI is InChI=1S/C27H33NO4/c1-19-22(16-28-17-23(18-28)27(29)31-3)9-8-21-15-25(12-13-26(19)21)32-14-4-5-20-6-10-24(30-2)11-7-20/h6-7,10-13,15,23H,4-5,8-9,14,16-18H2,1-3H3. The van der Waals surface area contributed by atoms with Gasteiger partial charge in [-0.1, -0.05) is 23.8 Å². The van der Waals surface area contributed by atoms with E-state index >= 15 is 0 Å². The molecular weight excluding hydrogens is 402 g/mol. The molecule has 1 heterocycles. The maximum atomic E-state index is 11.6. The fourth-order valence-corrected chi connectivity index (χ4v) is 4.64. The molecular formula is C27H33NO4. The summed E-state index contributed by atoms with van der Waals surface area (Å²) in [5.41, 5.74) is 6.86. The summed E-state index contributed by atoms with van der Waals surface area (Å²) in [5, 5.41) is 0. The minimum absolute atomic E-state index is 0.0428. The van der Waals surface area contributed by atoms with Crippen molar-refractivity contribution in [2.24, 2.45) is 5.92 Å². The number of esters is 1. The molecule has 2 aromatic rings. The molecule has 0 amide bonds. The van der Waals surface area contributed by atoms with Crippen LogP contribution >= 0.6 is 0 Å². The highest BCUT2D eigenvalue weighted by molar-refractivity contribution is 5.74. The summed E-state index contributed by atoms with van der Waals surface area (Å²) < 4.78 is 16.1. The van der Waals surface area contributed by atoms with Crippen molar-refractivity contribution in [2.45, 2.75) is 32.6 Å². The van der Waals surface area contributed by atoms with Crippen molar-refractivity contribution in [3.05, 3.63) is 64.7 Å². The van der Waals surface area contributed by atoms with Crippen LogP contribution in [0.1, 0.15) is 36.5 Å². The molecule has 2 aliphatic rings. The first-order chi connectivity index (χ1) is 15.6. The van der Waals surface area contributed by atoms with Crippen LogP contribution in [-0.2, 0) is 22.4 Å². The largest absolute Gasteiger partial charge is 0.497 e. The van der Waals surface area contributed by atoms with E-state index in [1.54, 1.807) is 7.11 Å². The van der Waals surface area contributed by atoms with E-state index in [0.29, 0.717) is 6.61 Å². The molecule has 1 fully saturated rings. The molecule has 1 aliphatic carbocycles. The second-order valence-electron chi connectivity index (χ2n) is 8.76. The van der Waals surface area contributed by atoms with Gasteiger partial charge >= 0.3 is 5.97 Å². The maximum absolute atomic E-state index is 11.6. The molecule has 0 atom stereocenters. The van der Waals surface area contributed by atoms with Crippen molar-refractivity contribution in [3.63, 3.8) is 0 Å². The van der Waals surface area contributed by atoms with Crippen LogP contribution in [0.5, 0.6) is 11.5 Å². The van der Waals surface area contributed by atoms with Crippen molar-refractivity contribution in [2.75, 3.05) is 40.5 Å². The third-order valence-electron chi connectivity index (χ3n) is 6.65. The zero-order chi connectivity index (χ0) is 22.5. The molecule has 0 N–H and O–H groups in total. The molecule has 4 rings (SSSR count). The number of ether oxygens (including phenoxy) is 3. The highest BCUT2D eigenvalue weighted by Crippen LogP contribution is 2.34. The van der Waals surface area contributed by atoms with Gasteiger partial charge in [0, 0.05) is 19.6 Å². The number of carbonyl (C=O) groups is 1. The second-order valence-corrected chi connectivity index (χ2v) is 8.76. The average Bonchev–Trinajstić information content (AvgIpc) is 2.80. The molecule has 1 aliphatic heterocycles. The number of benzene rings is 2. The van der Waals surface area contributed by atoms with Crippen LogP contribution in [0.4, 0.5) is 0 Å². The Morgan fingerprint density at radius 3 is 2.50 bits per heavy atom. The van der Waals surface area contributed by atoms with Gasteiger partial charge in [-0.25, -0.2) is 0 Å². The number of carbonyl (C=O) groups excluding carboxylic acids is 1. The van der Waals surface area contributed by atoms with Crippen LogP contribution in [0.2, 0.25) is 0 Å². The molecule has 2 aromatic carbocycles. The summed E-state index contributed by atoms with van der Waals surface area (Å²) >= 11 is 0. The van der Waals surface area contributed by atoms with Gasteiger partial charge in [-0.05, 0) is 79.1 Å². The highest BCUT2D eigenvalue weighted by atomic mass is 16.5. The van der Waals surface area contributed by atoms with Crippen molar-refractivity contribution in [3.8, 4) is 11.5 Å². The molecule has 32 heavy (non-hydrogen) atoms. The van der Waals surface area contributed by atoms with Gasteiger partial charge < -0.3 is 14.2 Å². The Morgan fingerprint density at radius 2 is 1.78 bits per heavy atom. The Bertz CT molecular complexity index is 974. The van der Waals surface area contributed by atoms with Crippen LogP contribution in [0.25, 0.3) is 5.57 Å². The fourth-order valence-electron chi connectivity index (χ4n) is 4.64. The van der Waals surface area contributed by atoms with Gasteiger partial charge in [-0.15, -0.1) is 0 Å². The van der Waals surface area contributed by atoms with Crippen LogP contribution in [0.15, 0.2) is 48.0 Å². The Balaban J connectivity index is 1.28. The summed E-state index contributed by atoms with van der Waals surface area (Å²) in [4.78, 5) is 13.9. The zero-order valence-electron chi connectivity index (χ0n) is 19.4. The molecule has 0 aromatic heterocycles. The first-order valence-corrected chi connectivity index (χ1v) is 11.4. The van der Waals surface area contributed by atoms with Crippen molar-refractivity contribution >= 4 is 11.5 Å². The fraction of sp³-hybridized carbons (Fsp3) is 0.444. The summed E-state index contributed by atoms with van der Waals surface area (Å²) in [6, 6.07) is 14.7. The number of rotatable bonds is 9.